The largest absolute Gasteiger partial charge is 0.306 e. The van der Waals surface area contributed by atoms with Crippen molar-refractivity contribution in [3.05, 3.63) is 0 Å². The molecule has 0 bridgehead atoms. The fraction of sp³-hybridized carbons (Fsp3) is 1.00. The summed E-state index contributed by atoms with van der Waals surface area (Å²) in [6, 6.07) is 0. The first kappa shape index (κ1) is 17.3. The molecule has 2 rings (SSSR count). The molecule has 0 aromatic heterocycles. The molecule has 1 N–H and O–H groups in total. The number of nitrogens with one attached hydrogen (secondary N) is 1. The minimum absolute atomic E-state index is 0.454. The van der Waals surface area contributed by atoms with Gasteiger partial charge in [-0.2, -0.15) is 0 Å². The lowest BCUT2D eigenvalue weighted by Crippen LogP contribution is -2.58. The molecule has 2 fully saturated rings. The van der Waals surface area contributed by atoms with Gasteiger partial charge in [0.05, 0.1) is 0 Å². The van der Waals surface area contributed by atoms with E-state index >= 15 is 0 Å². The zero-order chi connectivity index (χ0) is 15.0. The van der Waals surface area contributed by atoms with Crippen LogP contribution in [0.2, 0.25) is 0 Å². The number of hydrogen-bond acceptors (Lipinski definition) is 1. The predicted octanol–water partition coefficient (Wildman–Crippen LogP) is 6.36. The van der Waals surface area contributed by atoms with Crippen molar-refractivity contribution in [1.29, 1.82) is 0 Å². The first-order valence-electron chi connectivity index (χ1n) is 10.0. The second kappa shape index (κ2) is 8.56. The van der Waals surface area contributed by atoms with Crippen molar-refractivity contribution in [2.45, 2.75) is 128 Å². The van der Waals surface area contributed by atoms with Gasteiger partial charge >= 0.3 is 0 Å². The van der Waals surface area contributed by atoms with Crippen LogP contribution in [0.25, 0.3) is 0 Å². The smallest absolute Gasteiger partial charge is 0.0184 e. The third kappa shape index (κ3) is 4.98. The quantitative estimate of drug-likeness (QED) is 0.635. The highest BCUT2D eigenvalue weighted by molar-refractivity contribution is 4.98. The van der Waals surface area contributed by atoms with E-state index in [0.29, 0.717) is 11.1 Å². The summed E-state index contributed by atoms with van der Waals surface area (Å²) < 4.78 is 0. The van der Waals surface area contributed by atoms with Crippen molar-refractivity contribution in [2.24, 2.45) is 0 Å². The highest BCUT2D eigenvalue weighted by atomic mass is 15.1. The van der Waals surface area contributed by atoms with Crippen molar-refractivity contribution < 1.29 is 0 Å². The maximum Gasteiger partial charge on any atom is 0.0184 e. The van der Waals surface area contributed by atoms with Crippen molar-refractivity contribution >= 4 is 0 Å². The fourth-order valence-electron chi connectivity index (χ4n) is 4.86. The predicted molar refractivity (Wildman–Crippen MR) is 93.8 cm³/mol. The normalized spacial score (nSPS) is 27.1. The monoisotopic (exact) mass is 293 g/mol. The van der Waals surface area contributed by atoms with Crippen LogP contribution in [0.1, 0.15) is 117 Å². The van der Waals surface area contributed by atoms with Crippen LogP contribution in [0.15, 0.2) is 0 Å². The Balaban J connectivity index is 2.07. The lowest BCUT2D eigenvalue weighted by molar-refractivity contribution is 0.129. The van der Waals surface area contributed by atoms with Gasteiger partial charge in [-0.05, 0) is 38.5 Å². The standard InChI is InChI=1S/C20H39N/c1-3-19(15-11-7-5-8-12-16-19)21-20(4-2)17-13-9-6-10-14-18-20/h21H,3-18H2,1-2H3. The molecule has 0 amide bonds. The van der Waals surface area contributed by atoms with Crippen LogP contribution in [0.4, 0.5) is 0 Å². The van der Waals surface area contributed by atoms with Crippen LogP contribution < -0.4 is 5.32 Å². The van der Waals surface area contributed by atoms with E-state index in [1.807, 2.05) is 0 Å². The van der Waals surface area contributed by atoms with E-state index in [2.05, 4.69) is 19.2 Å². The molecular formula is C20H39N. The summed E-state index contributed by atoms with van der Waals surface area (Å²) in [7, 11) is 0. The summed E-state index contributed by atoms with van der Waals surface area (Å²) in [5.74, 6) is 0. The molecule has 21 heavy (non-hydrogen) atoms. The Labute approximate surface area is 133 Å². The fourth-order valence-corrected chi connectivity index (χ4v) is 4.86. The molecule has 2 aliphatic rings. The molecule has 0 radical (unpaired) electrons. The summed E-state index contributed by atoms with van der Waals surface area (Å²) in [5.41, 5.74) is 0.908. The molecule has 0 aliphatic heterocycles. The summed E-state index contributed by atoms with van der Waals surface area (Å²) in [6.07, 6.45) is 22.9. The van der Waals surface area contributed by atoms with Gasteiger partial charge in [0, 0.05) is 11.1 Å². The minimum atomic E-state index is 0.454. The summed E-state index contributed by atoms with van der Waals surface area (Å²) >= 11 is 0. The molecule has 0 aromatic carbocycles. The van der Waals surface area contributed by atoms with Gasteiger partial charge in [0.15, 0.2) is 0 Å². The van der Waals surface area contributed by atoms with Crippen molar-refractivity contribution in [1.82, 2.24) is 5.32 Å². The Morgan fingerprint density at radius 3 is 1.10 bits per heavy atom. The molecule has 0 heterocycles. The highest BCUT2D eigenvalue weighted by Crippen LogP contribution is 2.36. The average Bonchev–Trinajstić information content (AvgIpc) is 2.45. The summed E-state index contributed by atoms with van der Waals surface area (Å²) in [6.45, 7) is 4.86. The van der Waals surface area contributed by atoms with Crippen LogP contribution >= 0.6 is 0 Å². The van der Waals surface area contributed by atoms with Gasteiger partial charge in [0.2, 0.25) is 0 Å². The summed E-state index contributed by atoms with van der Waals surface area (Å²) in [4.78, 5) is 0. The summed E-state index contributed by atoms with van der Waals surface area (Å²) in [5, 5.41) is 4.32. The van der Waals surface area contributed by atoms with Crippen LogP contribution in [0, 0.1) is 0 Å². The molecule has 0 saturated heterocycles. The molecule has 0 aromatic rings. The average molecular weight is 294 g/mol. The SMILES string of the molecule is CCC1(NC2(CC)CCCCCCC2)CCCCCCC1. The Bertz CT molecular complexity index is 240. The Morgan fingerprint density at radius 2 is 0.810 bits per heavy atom. The second-order valence-corrected chi connectivity index (χ2v) is 7.93. The Hall–Kier alpha value is -0.0400. The van der Waals surface area contributed by atoms with Gasteiger partial charge in [-0.3, -0.25) is 0 Å². The highest BCUT2D eigenvalue weighted by Gasteiger charge is 2.37. The lowest BCUT2D eigenvalue weighted by Gasteiger charge is -2.47. The van der Waals surface area contributed by atoms with Crippen molar-refractivity contribution in [2.75, 3.05) is 0 Å². The molecule has 0 unspecified atom stereocenters. The van der Waals surface area contributed by atoms with Crippen LogP contribution in [-0.4, -0.2) is 11.1 Å². The molecule has 0 spiro atoms. The maximum absolute atomic E-state index is 4.32. The Morgan fingerprint density at radius 1 is 0.524 bits per heavy atom. The third-order valence-electron chi connectivity index (χ3n) is 6.51. The third-order valence-corrected chi connectivity index (χ3v) is 6.51. The molecule has 1 heteroatoms. The second-order valence-electron chi connectivity index (χ2n) is 7.93. The zero-order valence-electron chi connectivity index (χ0n) is 14.8. The zero-order valence-corrected chi connectivity index (χ0v) is 14.8. The van der Waals surface area contributed by atoms with Crippen molar-refractivity contribution in [3.8, 4) is 0 Å². The van der Waals surface area contributed by atoms with E-state index < -0.39 is 0 Å². The molecule has 1 nitrogen and oxygen atoms in total. The van der Waals surface area contributed by atoms with Gasteiger partial charge in [-0.25, -0.2) is 0 Å². The molecule has 124 valence electrons. The first-order chi connectivity index (χ1) is 10.2. The van der Waals surface area contributed by atoms with Gasteiger partial charge in [-0.1, -0.05) is 78.1 Å². The van der Waals surface area contributed by atoms with Crippen LogP contribution in [0.5, 0.6) is 0 Å². The van der Waals surface area contributed by atoms with Gasteiger partial charge in [0.25, 0.3) is 0 Å². The molecule has 2 aliphatic carbocycles. The molecule has 0 atom stereocenters. The molecular weight excluding hydrogens is 254 g/mol. The minimum Gasteiger partial charge on any atom is -0.306 e. The maximum atomic E-state index is 4.32. The van der Waals surface area contributed by atoms with Gasteiger partial charge in [0.1, 0.15) is 0 Å². The topological polar surface area (TPSA) is 12.0 Å². The lowest BCUT2D eigenvalue weighted by atomic mass is 9.75. The van der Waals surface area contributed by atoms with E-state index in [1.54, 1.807) is 0 Å². The number of rotatable bonds is 4. The van der Waals surface area contributed by atoms with E-state index in [4.69, 9.17) is 0 Å². The van der Waals surface area contributed by atoms with Gasteiger partial charge in [-0.15, -0.1) is 0 Å². The van der Waals surface area contributed by atoms with Crippen LogP contribution in [0.3, 0.4) is 0 Å². The van der Waals surface area contributed by atoms with E-state index in [9.17, 15) is 0 Å². The number of hydrogen-bond donors (Lipinski definition) is 1. The van der Waals surface area contributed by atoms with E-state index in [0.717, 1.165) is 0 Å². The van der Waals surface area contributed by atoms with Gasteiger partial charge < -0.3 is 5.32 Å². The first-order valence-corrected chi connectivity index (χ1v) is 10.0. The Kier molecular flexibility index (Phi) is 7.05. The van der Waals surface area contributed by atoms with Crippen LogP contribution in [-0.2, 0) is 0 Å². The van der Waals surface area contributed by atoms with E-state index in [-0.39, 0.29) is 0 Å². The molecule has 2 saturated carbocycles. The van der Waals surface area contributed by atoms with E-state index in [1.165, 1.54) is 103 Å². The van der Waals surface area contributed by atoms with Crippen molar-refractivity contribution in [3.63, 3.8) is 0 Å².